The molecule has 21 heavy (non-hydrogen) atoms. The van der Waals surface area contributed by atoms with Gasteiger partial charge in [0.05, 0.1) is 0 Å². The number of urea groups is 1. The first-order valence-corrected chi connectivity index (χ1v) is 6.70. The minimum Gasteiger partial charge on any atom is -0.454 e. The van der Waals surface area contributed by atoms with E-state index in [0.717, 1.165) is 4.90 Å². The van der Waals surface area contributed by atoms with Crippen LogP contribution in [0.3, 0.4) is 0 Å². The monoisotopic (exact) mass is 299 g/mol. The Morgan fingerprint density at radius 3 is 2.43 bits per heavy atom. The molecule has 0 saturated carbocycles. The maximum absolute atomic E-state index is 11.8. The summed E-state index contributed by atoms with van der Waals surface area (Å²) in [7, 11) is 0. The Morgan fingerprint density at radius 2 is 1.95 bits per heavy atom. The molecular weight excluding hydrogens is 278 g/mol. The lowest BCUT2D eigenvalue weighted by Gasteiger charge is -2.15. The van der Waals surface area contributed by atoms with E-state index in [1.54, 1.807) is 0 Å². The molecule has 0 unspecified atom stereocenters. The van der Waals surface area contributed by atoms with Gasteiger partial charge in [0.1, 0.15) is 12.1 Å². The van der Waals surface area contributed by atoms with Crippen LogP contribution in [0.1, 0.15) is 27.7 Å². The highest BCUT2D eigenvalue weighted by Crippen LogP contribution is 2.16. The molecular formula is C13H21N3O5. The van der Waals surface area contributed by atoms with Gasteiger partial charge in [0.2, 0.25) is 0 Å². The van der Waals surface area contributed by atoms with Crippen LogP contribution in [0.2, 0.25) is 0 Å². The second-order valence-electron chi connectivity index (χ2n) is 5.81. The summed E-state index contributed by atoms with van der Waals surface area (Å²) >= 11 is 0. The summed E-state index contributed by atoms with van der Waals surface area (Å²) in [6, 6.07) is -0.647. The zero-order valence-electron chi connectivity index (χ0n) is 12.7. The van der Waals surface area contributed by atoms with Crippen molar-refractivity contribution in [2.45, 2.75) is 33.2 Å². The first-order chi connectivity index (χ1) is 9.63. The summed E-state index contributed by atoms with van der Waals surface area (Å²) in [5.41, 5.74) is -1.04. The van der Waals surface area contributed by atoms with Crippen LogP contribution in [0, 0.1) is 5.92 Å². The molecule has 1 heterocycles. The van der Waals surface area contributed by atoms with Gasteiger partial charge in [-0.3, -0.25) is 19.3 Å². The van der Waals surface area contributed by atoms with E-state index in [1.807, 2.05) is 13.8 Å². The Hall–Kier alpha value is -2.12. The molecule has 0 aliphatic carbocycles. The predicted molar refractivity (Wildman–Crippen MR) is 73.1 cm³/mol. The number of ether oxygens (including phenoxy) is 1. The van der Waals surface area contributed by atoms with Gasteiger partial charge in [-0.05, 0) is 19.8 Å². The van der Waals surface area contributed by atoms with E-state index < -0.39 is 42.5 Å². The Bertz CT molecular complexity index is 459. The van der Waals surface area contributed by atoms with Crippen LogP contribution in [0.25, 0.3) is 0 Å². The number of nitrogens with one attached hydrogen (secondary N) is 2. The second-order valence-corrected chi connectivity index (χ2v) is 5.81. The normalized spacial score (nSPS) is 16.9. The number of rotatable bonds is 6. The summed E-state index contributed by atoms with van der Waals surface area (Å²) in [6.07, 6.45) is 0. The van der Waals surface area contributed by atoms with E-state index >= 15 is 0 Å². The van der Waals surface area contributed by atoms with Crippen LogP contribution in [0.4, 0.5) is 4.79 Å². The fourth-order valence-electron chi connectivity index (χ4n) is 1.65. The summed E-state index contributed by atoms with van der Waals surface area (Å²) in [5, 5.41) is 5.03. The minimum atomic E-state index is -1.04. The Kier molecular flexibility index (Phi) is 5.28. The van der Waals surface area contributed by atoms with Gasteiger partial charge in [0.15, 0.2) is 6.61 Å². The number of carbonyl (C=O) groups excluding carboxylic acids is 4. The summed E-state index contributed by atoms with van der Waals surface area (Å²) < 4.78 is 4.74. The van der Waals surface area contributed by atoms with Gasteiger partial charge in [-0.2, -0.15) is 0 Å². The molecule has 1 aliphatic heterocycles. The van der Waals surface area contributed by atoms with Gasteiger partial charge in [-0.1, -0.05) is 13.8 Å². The summed E-state index contributed by atoms with van der Waals surface area (Å²) in [5.74, 6) is -1.45. The van der Waals surface area contributed by atoms with E-state index in [0.29, 0.717) is 6.54 Å². The van der Waals surface area contributed by atoms with Gasteiger partial charge >= 0.3 is 12.0 Å². The molecule has 0 aromatic carbocycles. The molecule has 1 saturated heterocycles. The van der Waals surface area contributed by atoms with E-state index in [9.17, 15) is 19.2 Å². The molecule has 4 amide bonds. The Labute approximate surface area is 123 Å². The third kappa shape index (κ3) is 4.73. The highest BCUT2D eigenvalue weighted by atomic mass is 16.5. The fraction of sp³-hybridized carbons (Fsp3) is 0.692. The maximum Gasteiger partial charge on any atom is 0.326 e. The summed E-state index contributed by atoms with van der Waals surface area (Å²) in [4.78, 5) is 47.1. The van der Waals surface area contributed by atoms with E-state index in [2.05, 4.69) is 10.6 Å². The van der Waals surface area contributed by atoms with Gasteiger partial charge in [0.25, 0.3) is 11.8 Å². The molecule has 0 spiro atoms. The van der Waals surface area contributed by atoms with Crippen molar-refractivity contribution in [1.82, 2.24) is 15.5 Å². The zero-order valence-corrected chi connectivity index (χ0v) is 12.7. The van der Waals surface area contributed by atoms with Gasteiger partial charge in [0, 0.05) is 6.54 Å². The molecule has 1 aliphatic rings. The lowest BCUT2D eigenvalue weighted by atomic mass is 10.1. The van der Waals surface area contributed by atoms with Crippen molar-refractivity contribution in [2.75, 3.05) is 19.7 Å². The molecule has 0 atom stereocenters. The SMILES string of the molecule is CC(C)CNC(=O)COC(=O)CN1C(=O)NC(C)(C)C1=O. The van der Waals surface area contributed by atoms with E-state index in [4.69, 9.17) is 4.74 Å². The topological polar surface area (TPSA) is 105 Å². The van der Waals surface area contributed by atoms with Crippen LogP contribution in [0.5, 0.6) is 0 Å². The highest BCUT2D eigenvalue weighted by Gasteiger charge is 2.45. The molecule has 1 rings (SSSR count). The van der Waals surface area contributed by atoms with Crippen molar-refractivity contribution < 1.29 is 23.9 Å². The van der Waals surface area contributed by atoms with Gasteiger partial charge in [-0.15, -0.1) is 0 Å². The first kappa shape index (κ1) is 16.9. The Balaban J connectivity index is 2.39. The van der Waals surface area contributed by atoms with E-state index in [-0.39, 0.29) is 5.92 Å². The number of hydrogen-bond donors (Lipinski definition) is 2. The predicted octanol–water partition coefficient (Wildman–Crippen LogP) is -0.368. The number of amides is 4. The Morgan fingerprint density at radius 1 is 1.33 bits per heavy atom. The van der Waals surface area contributed by atoms with Gasteiger partial charge in [-0.25, -0.2) is 4.79 Å². The molecule has 8 heteroatoms. The molecule has 0 aromatic rings. The molecule has 0 bridgehead atoms. The van der Waals surface area contributed by atoms with Crippen LogP contribution in [-0.4, -0.2) is 54.0 Å². The number of esters is 1. The molecule has 2 N–H and O–H groups in total. The highest BCUT2D eigenvalue weighted by molar-refractivity contribution is 6.08. The summed E-state index contributed by atoms with van der Waals surface area (Å²) in [6.45, 7) is 6.49. The number of hydrogen-bond acceptors (Lipinski definition) is 5. The van der Waals surface area contributed by atoms with E-state index in [1.165, 1.54) is 13.8 Å². The lowest BCUT2D eigenvalue weighted by molar-refractivity contribution is -0.151. The van der Waals surface area contributed by atoms with Gasteiger partial charge < -0.3 is 15.4 Å². The molecule has 1 fully saturated rings. The third-order valence-corrected chi connectivity index (χ3v) is 2.80. The van der Waals surface area contributed by atoms with Crippen molar-refractivity contribution in [2.24, 2.45) is 5.92 Å². The minimum absolute atomic E-state index is 0.290. The van der Waals surface area contributed by atoms with Crippen LogP contribution in [0.15, 0.2) is 0 Å². The quantitative estimate of drug-likeness (QED) is 0.514. The van der Waals surface area contributed by atoms with Crippen molar-refractivity contribution in [3.05, 3.63) is 0 Å². The third-order valence-electron chi connectivity index (χ3n) is 2.80. The smallest absolute Gasteiger partial charge is 0.326 e. The molecule has 118 valence electrons. The van der Waals surface area contributed by atoms with Crippen LogP contribution >= 0.6 is 0 Å². The first-order valence-electron chi connectivity index (χ1n) is 6.70. The standard InChI is InChI=1S/C13H21N3O5/c1-8(2)5-14-9(17)7-21-10(18)6-16-11(19)13(3,4)15-12(16)20/h8H,5-7H2,1-4H3,(H,14,17)(H,15,20). The van der Waals surface area contributed by atoms with Crippen molar-refractivity contribution >= 4 is 23.8 Å². The zero-order chi connectivity index (χ0) is 16.2. The number of imide groups is 1. The van der Waals surface area contributed by atoms with Crippen molar-refractivity contribution in [3.8, 4) is 0 Å². The largest absolute Gasteiger partial charge is 0.454 e. The molecule has 0 aromatic heterocycles. The molecule has 0 radical (unpaired) electrons. The fourth-order valence-corrected chi connectivity index (χ4v) is 1.65. The number of carbonyl (C=O) groups is 4. The van der Waals surface area contributed by atoms with Crippen LogP contribution in [-0.2, 0) is 19.1 Å². The van der Waals surface area contributed by atoms with Crippen molar-refractivity contribution in [3.63, 3.8) is 0 Å². The second kappa shape index (κ2) is 6.55. The molecule has 8 nitrogen and oxygen atoms in total. The van der Waals surface area contributed by atoms with Crippen molar-refractivity contribution in [1.29, 1.82) is 0 Å². The average Bonchev–Trinajstić information content (AvgIpc) is 2.56. The lowest BCUT2D eigenvalue weighted by Crippen LogP contribution is -2.41. The average molecular weight is 299 g/mol. The number of nitrogens with zero attached hydrogens (tertiary/aromatic N) is 1. The maximum atomic E-state index is 11.8. The van der Waals surface area contributed by atoms with Crippen LogP contribution < -0.4 is 10.6 Å².